The molecule has 1 N–H and O–H groups in total. The number of methoxy groups -OCH3 is 1. The van der Waals surface area contributed by atoms with Crippen LogP contribution in [0.1, 0.15) is 5.56 Å². The topological polar surface area (TPSA) is 37.4 Å². The molecule has 0 fully saturated rings. The predicted molar refractivity (Wildman–Crippen MR) is 78.8 cm³/mol. The van der Waals surface area contributed by atoms with E-state index in [0.717, 1.165) is 11.4 Å². The molecule has 0 aliphatic carbocycles. The van der Waals surface area contributed by atoms with Gasteiger partial charge in [-0.15, -0.1) is 0 Å². The number of hydrogen-bond acceptors (Lipinski definition) is 4. The molecule has 0 bridgehead atoms. The van der Waals surface area contributed by atoms with Gasteiger partial charge in [-0.1, -0.05) is 18.2 Å². The number of anilines is 2. The van der Waals surface area contributed by atoms with Crippen LogP contribution in [0.3, 0.4) is 0 Å². The molecule has 1 heterocycles. The third-order valence-electron chi connectivity index (χ3n) is 2.98. The van der Waals surface area contributed by atoms with Gasteiger partial charge in [-0.05, 0) is 12.1 Å². The summed E-state index contributed by atoms with van der Waals surface area (Å²) in [7, 11) is 5.43. The van der Waals surface area contributed by atoms with Crippen molar-refractivity contribution in [3.63, 3.8) is 0 Å². The number of hydrogen-bond donors (Lipinski definition) is 1. The van der Waals surface area contributed by atoms with E-state index < -0.39 is 0 Å². The van der Waals surface area contributed by atoms with Crippen LogP contribution in [0.15, 0.2) is 36.5 Å². The molecule has 0 radical (unpaired) electrons. The van der Waals surface area contributed by atoms with E-state index in [0.29, 0.717) is 18.0 Å². The maximum absolute atomic E-state index is 13.6. The fraction of sp³-hybridized carbons (Fsp3) is 0.267. The number of pyridine rings is 1. The molecule has 0 saturated carbocycles. The molecular formula is C15H18FN3O. The monoisotopic (exact) mass is 275 g/mol. The largest absolute Gasteiger partial charge is 0.479 e. The zero-order valence-electron chi connectivity index (χ0n) is 11.9. The molecule has 0 spiro atoms. The molecule has 0 unspecified atom stereocenters. The number of aromatic nitrogens is 1. The second-order valence-corrected chi connectivity index (χ2v) is 4.55. The summed E-state index contributed by atoms with van der Waals surface area (Å²) in [6, 6.07) is 8.57. The number of nitrogens with one attached hydrogen (secondary N) is 1. The summed E-state index contributed by atoms with van der Waals surface area (Å²) in [5, 5.41) is 3.20. The average Bonchev–Trinajstić information content (AvgIpc) is 2.46. The Morgan fingerprint density at radius 1 is 1.25 bits per heavy atom. The van der Waals surface area contributed by atoms with E-state index in [1.165, 1.54) is 6.07 Å². The van der Waals surface area contributed by atoms with E-state index in [1.807, 2.05) is 31.1 Å². The van der Waals surface area contributed by atoms with Gasteiger partial charge < -0.3 is 15.0 Å². The van der Waals surface area contributed by atoms with Crippen molar-refractivity contribution in [3.8, 4) is 5.88 Å². The lowest BCUT2D eigenvalue weighted by Crippen LogP contribution is -2.14. The van der Waals surface area contributed by atoms with Crippen molar-refractivity contribution < 1.29 is 9.13 Å². The summed E-state index contributed by atoms with van der Waals surface area (Å²) in [6.45, 7) is 0.371. The van der Waals surface area contributed by atoms with Crippen LogP contribution in [0.2, 0.25) is 0 Å². The second-order valence-electron chi connectivity index (χ2n) is 4.55. The molecule has 2 aromatic rings. The van der Waals surface area contributed by atoms with Crippen molar-refractivity contribution in [2.24, 2.45) is 0 Å². The Kier molecular flexibility index (Phi) is 4.40. The van der Waals surface area contributed by atoms with Crippen molar-refractivity contribution in [1.82, 2.24) is 4.98 Å². The second kappa shape index (κ2) is 6.23. The summed E-state index contributed by atoms with van der Waals surface area (Å²) in [4.78, 5) is 6.12. The molecule has 4 nitrogen and oxygen atoms in total. The smallest absolute Gasteiger partial charge is 0.239 e. The Morgan fingerprint density at radius 3 is 2.65 bits per heavy atom. The molecule has 20 heavy (non-hydrogen) atoms. The van der Waals surface area contributed by atoms with E-state index in [2.05, 4.69) is 10.3 Å². The van der Waals surface area contributed by atoms with Crippen LogP contribution < -0.4 is 15.0 Å². The Hall–Kier alpha value is -2.30. The molecule has 5 heteroatoms. The first-order valence-electron chi connectivity index (χ1n) is 6.31. The van der Waals surface area contributed by atoms with Crippen LogP contribution in [0.4, 0.5) is 15.8 Å². The quantitative estimate of drug-likeness (QED) is 0.910. The lowest BCUT2D eigenvalue weighted by molar-refractivity contribution is 0.399. The number of benzene rings is 1. The van der Waals surface area contributed by atoms with E-state index in [1.54, 1.807) is 25.4 Å². The highest BCUT2D eigenvalue weighted by molar-refractivity contribution is 5.74. The highest BCUT2D eigenvalue weighted by Gasteiger charge is 2.12. The van der Waals surface area contributed by atoms with Gasteiger partial charge in [0.15, 0.2) is 0 Å². The Labute approximate surface area is 118 Å². The van der Waals surface area contributed by atoms with Crippen LogP contribution >= 0.6 is 0 Å². The summed E-state index contributed by atoms with van der Waals surface area (Å²) in [5.74, 6) is 0.266. The fourth-order valence-electron chi connectivity index (χ4n) is 1.95. The summed E-state index contributed by atoms with van der Waals surface area (Å²) in [5.41, 5.74) is 2.29. The van der Waals surface area contributed by atoms with Crippen molar-refractivity contribution >= 4 is 11.4 Å². The maximum Gasteiger partial charge on any atom is 0.239 e. The molecule has 1 aromatic carbocycles. The summed E-state index contributed by atoms with van der Waals surface area (Å²) >= 11 is 0. The Morgan fingerprint density at radius 2 is 2.00 bits per heavy atom. The minimum absolute atomic E-state index is 0.228. The molecule has 0 saturated heterocycles. The van der Waals surface area contributed by atoms with Crippen molar-refractivity contribution in [2.45, 2.75) is 6.54 Å². The zero-order chi connectivity index (χ0) is 14.5. The van der Waals surface area contributed by atoms with Crippen LogP contribution in [0, 0.1) is 5.82 Å². The van der Waals surface area contributed by atoms with E-state index in [4.69, 9.17) is 4.74 Å². The van der Waals surface area contributed by atoms with Crippen molar-refractivity contribution in [1.29, 1.82) is 0 Å². The lowest BCUT2D eigenvalue weighted by atomic mass is 10.2. The minimum atomic E-state index is -0.228. The number of halogens is 1. The number of ether oxygens (including phenoxy) is 1. The highest BCUT2D eigenvalue weighted by atomic mass is 19.1. The maximum atomic E-state index is 13.6. The summed E-state index contributed by atoms with van der Waals surface area (Å²) in [6.07, 6.45) is 1.68. The molecule has 106 valence electrons. The van der Waals surface area contributed by atoms with Gasteiger partial charge in [-0.2, -0.15) is 0 Å². The van der Waals surface area contributed by atoms with Gasteiger partial charge in [0.05, 0.1) is 12.8 Å². The lowest BCUT2D eigenvalue weighted by Gasteiger charge is -2.20. The molecule has 1 aromatic heterocycles. The fourth-order valence-corrected chi connectivity index (χ4v) is 1.95. The Balaban J connectivity index is 2.26. The molecule has 0 atom stereocenters. The molecule has 0 aliphatic rings. The van der Waals surface area contributed by atoms with Gasteiger partial charge in [0.25, 0.3) is 0 Å². The molecule has 0 aliphatic heterocycles. The van der Waals surface area contributed by atoms with Gasteiger partial charge in [-0.3, -0.25) is 0 Å². The highest BCUT2D eigenvalue weighted by Crippen LogP contribution is 2.32. The Bertz CT molecular complexity index is 587. The van der Waals surface area contributed by atoms with Gasteiger partial charge >= 0.3 is 0 Å². The van der Waals surface area contributed by atoms with Crippen LogP contribution in [-0.2, 0) is 6.54 Å². The predicted octanol–water partition coefficient (Wildman–Crippen LogP) is 2.91. The first-order valence-corrected chi connectivity index (χ1v) is 6.31. The number of nitrogens with zero attached hydrogens (tertiary/aromatic N) is 2. The van der Waals surface area contributed by atoms with Crippen molar-refractivity contribution in [3.05, 3.63) is 47.9 Å². The van der Waals surface area contributed by atoms with Gasteiger partial charge in [0.2, 0.25) is 5.88 Å². The molecular weight excluding hydrogens is 257 g/mol. The van der Waals surface area contributed by atoms with Gasteiger partial charge in [0.1, 0.15) is 11.5 Å². The third kappa shape index (κ3) is 2.99. The van der Waals surface area contributed by atoms with E-state index >= 15 is 0 Å². The van der Waals surface area contributed by atoms with E-state index in [9.17, 15) is 4.39 Å². The summed E-state index contributed by atoms with van der Waals surface area (Å²) < 4.78 is 18.9. The number of rotatable bonds is 5. The molecule has 2 rings (SSSR count). The standard InChI is InChI=1S/C15H18FN3O/c1-19(2)13-8-9-17-15(20-3)14(13)18-10-11-6-4-5-7-12(11)16/h4-9,18H,10H2,1-3H3. The average molecular weight is 275 g/mol. The van der Waals surface area contributed by atoms with Gasteiger partial charge in [-0.25, -0.2) is 9.37 Å². The van der Waals surface area contributed by atoms with E-state index in [-0.39, 0.29) is 5.82 Å². The van der Waals surface area contributed by atoms with Crippen molar-refractivity contribution in [2.75, 3.05) is 31.4 Å². The zero-order valence-corrected chi connectivity index (χ0v) is 11.9. The SMILES string of the molecule is COc1nccc(N(C)C)c1NCc1ccccc1F. The first kappa shape index (κ1) is 14.1. The molecule has 0 amide bonds. The first-order chi connectivity index (χ1) is 9.63. The van der Waals surface area contributed by atoms with Gasteiger partial charge in [0, 0.05) is 32.4 Å². The third-order valence-corrected chi connectivity index (χ3v) is 2.98. The normalized spacial score (nSPS) is 10.2. The van der Waals surface area contributed by atoms with Crippen LogP contribution in [0.25, 0.3) is 0 Å². The minimum Gasteiger partial charge on any atom is -0.479 e. The van der Waals surface area contributed by atoms with Crippen LogP contribution in [-0.4, -0.2) is 26.2 Å². The van der Waals surface area contributed by atoms with Crippen LogP contribution in [0.5, 0.6) is 5.88 Å².